The number of piperidine rings is 1. The highest BCUT2D eigenvalue weighted by Gasteiger charge is 2.24. The molecule has 0 radical (unpaired) electrons. The predicted molar refractivity (Wildman–Crippen MR) is 110 cm³/mol. The summed E-state index contributed by atoms with van der Waals surface area (Å²) >= 11 is 1.56. The van der Waals surface area contributed by atoms with E-state index in [-0.39, 0.29) is 11.8 Å². The van der Waals surface area contributed by atoms with Crippen molar-refractivity contribution in [1.29, 1.82) is 0 Å². The van der Waals surface area contributed by atoms with Gasteiger partial charge in [0.05, 0.1) is 12.2 Å². The molecule has 2 amide bonds. The quantitative estimate of drug-likeness (QED) is 0.767. The summed E-state index contributed by atoms with van der Waals surface area (Å²) in [5, 5.41) is 3.85. The zero-order valence-electron chi connectivity index (χ0n) is 16.0. The van der Waals surface area contributed by atoms with E-state index in [1.165, 1.54) is 0 Å². The van der Waals surface area contributed by atoms with Crippen molar-refractivity contribution in [2.75, 3.05) is 32.8 Å². The maximum atomic E-state index is 12.4. The Labute approximate surface area is 169 Å². The van der Waals surface area contributed by atoms with Crippen LogP contribution in [0.1, 0.15) is 46.4 Å². The summed E-state index contributed by atoms with van der Waals surface area (Å²) in [7, 11) is 0. The van der Waals surface area contributed by atoms with Crippen LogP contribution in [0, 0.1) is 5.92 Å². The van der Waals surface area contributed by atoms with Gasteiger partial charge in [-0.1, -0.05) is 0 Å². The normalized spacial score (nSPS) is 17.7. The maximum Gasteiger partial charge on any atom is 0.254 e. The molecule has 2 aliphatic rings. The van der Waals surface area contributed by atoms with Gasteiger partial charge in [0.2, 0.25) is 0 Å². The minimum absolute atomic E-state index is 0.117. The van der Waals surface area contributed by atoms with Crippen LogP contribution in [0.5, 0.6) is 5.75 Å². The van der Waals surface area contributed by atoms with Crippen molar-refractivity contribution in [2.45, 2.75) is 25.7 Å². The van der Waals surface area contributed by atoms with E-state index in [0.29, 0.717) is 12.5 Å². The Balaban J connectivity index is 1.23. The monoisotopic (exact) mass is 398 g/mol. The Morgan fingerprint density at radius 2 is 1.54 bits per heavy atom. The Bertz CT molecular complexity index is 790. The summed E-state index contributed by atoms with van der Waals surface area (Å²) in [4.78, 5) is 28.6. The number of nitrogens with zero attached hydrogens (tertiary/aromatic N) is 2. The molecule has 148 valence electrons. The van der Waals surface area contributed by atoms with Crippen molar-refractivity contribution >= 4 is 23.2 Å². The molecular weight excluding hydrogens is 372 g/mol. The van der Waals surface area contributed by atoms with E-state index in [9.17, 15) is 9.59 Å². The van der Waals surface area contributed by atoms with Gasteiger partial charge in [-0.15, -0.1) is 0 Å². The van der Waals surface area contributed by atoms with Gasteiger partial charge in [0.25, 0.3) is 11.8 Å². The molecule has 2 fully saturated rings. The van der Waals surface area contributed by atoms with Crippen molar-refractivity contribution in [1.82, 2.24) is 9.80 Å². The number of benzene rings is 1. The van der Waals surface area contributed by atoms with Crippen molar-refractivity contribution in [3.63, 3.8) is 0 Å². The largest absolute Gasteiger partial charge is 0.493 e. The second-order valence-corrected chi connectivity index (χ2v) is 8.36. The Hall–Kier alpha value is -2.34. The molecule has 2 aliphatic heterocycles. The number of thiophene rings is 1. The molecule has 6 heteroatoms. The van der Waals surface area contributed by atoms with Gasteiger partial charge in [-0.2, -0.15) is 11.3 Å². The van der Waals surface area contributed by atoms with E-state index in [0.717, 1.165) is 68.7 Å². The van der Waals surface area contributed by atoms with Gasteiger partial charge in [0.15, 0.2) is 0 Å². The minimum Gasteiger partial charge on any atom is -0.493 e. The van der Waals surface area contributed by atoms with E-state index in [2.05, 4.69) is 0 Å². The number of hydrogen-bond donors (Lipinski definition) is 0. The first-order valence-electron chi connectivity index (χ1n) is 10.0. The minimum atomic E-state index is 0.117. The lowest BCUT2D eigenvalue weighted by Gasteiger charge is -2.31. The summed E-state index contributed by atoms with van der Waals surface area (Å²) in [5.74, 6) is 1.51. The molecular formula is C22H26N2O3S. The topological polar surface area (TPSA) is 49.9 Å². The van der Waals surface area contributed by atoms with Crippen LogP contribution in [0.15, 0.2) is 41.1 Å². The molecule has 0 atom stereocenters. The Morgan fingerprint density at radius 1 is 0.893 bits per heavy atom. The molecule has 1 aromatic carbocycles. The third kappa shape index (κ3) is 4.38. The molecule has 0 saturated carbocycles. The fourth-order valence-corrected chi connectivity index (χ4v) is 4.51. The summed E-state index contributed by atoms with van der Waals surface area (Å²) in [6, 6.07) is 9.38. The van der Waals surface area contributed by atoms with Gasteiger partial charge in [-0.05, 0) is 67.3 Å². The summed E-state index contributed by atoms with van der Waals surface area (Å²) in [6.07, 6.45) is 4.12. The van der Waals surface area contributed by atoms with Crippen LogP contribution in [0.4, 0.5) is 0 Å². The lowest BCUT2D eigenvalue weighted by molar-refractivity contribution is 0.0661. The van der Waals surface area contributed by atoms with Crippen molar-refractivity contribution < 1.29 is 14.3 Å². The van der Waals surface area contributed by atoms with Gasteiger partial charge in [-0.25, -0.2) is 0 Å². The van der Waals surface area contributed by atoms with Crippen molar-refractivity contribution in [2.24, 2.45) is 5.92 Å². The maximum absolute atomic E-state index is 12.4. The second kappa shape index (κ2) is 8.78. The molecule has 0 unspecified atom stereocenters. The summed E-state index contributed by atoms with van der Waals surface area (Å²) in [5.41, 5.74) is 1.53. The zero-order chi connectivity index (χ0) is 19.3. The van der Waals surface area contributed by atoms with Gasteiger partial charge < -0.3 is 14.5 Å². The molecule has 0 bridgehead atoms. The Kier molecular flexibility index (Phi) is 5.95. The molecule has 1 aromatic heterocycles. The first-order chi connectivity index (χ1) is 13.7. The van der Waals surface area contributed by atoms with Gasteiger partial charge >= 0.3 is 0 Å². The number of hydrogen-bond acceptors (Lipinski definition) is 4. The molecule has 2 aromatic rings. The molecule has 3 heterocycles. The molecule has 28 heavy (non-hydrogen) atoms. The SMILES string of the molecule is O=C(c1ccc(OCC2CCN(C(=O)c3ccsc3)CC2)cc1)N1CCCC1. The molecule has 0 aliphatic carbocycles. The van der Waals surface area contributed by atoms with Crippen LogP contribution in [0.25, 0.3) is 0 Å². The lowest BCUT2D eigenvalue weighted by Crippen LogP contribution is -2.39. The number of amides is 2. The highest BCUT2D eigenvalue weighted by molar-refractivity contribution is 7.08. The predicted octanol–water partition coefficient (Wildman–Crippen LogP) is 3.92. The number of likely N-dealkylation sites (tertiary alicyclic amines) is 2. The fourth-order valence-electron chi connectivity index (χ4n) is 3.88. The number of ether oxygens (including phenoxy) is 1. The van der Waals surface area contributed by atoms with Crippen LogP contribution >= 0.6 is 11.3 Å². The highest BCUT2D eigenvalue weighted by Crippen LogP contribution is 2.22. The van der Waals surface area contributed by atoms with Crippen LogP contribution in [0.3, 0.4) is 0 Å². The van der Waals surface area contributed by atoms with Gasteiger partial charge in [0, 0.05) is 37.1 Å². The van der Waals surface area contributed by atoms with Crippen LogP contribution in [-0.4, -0.2) is 54.4 Å². The molecule has 0 N–H and O–H groups in total. The van der Waals surface area contributed by atoms with Crippen LogP contribution < -0.4 is 4.74 Å². The molecule has 2 saturated heterocycles. The molecule has 4 rings (SSSR count). The smallest absolute Gasteiger partial charge is 0.254 e. The van der Waals surface area contributed by atoms with E-state index >= 15 is 0 Å². The summed E-state index contributed by atoms with van der Waals surface area (Å²) in [6.45, 7) is 3.95. The molecule has 0 spiro atoms. The number of carbonyl (C=O) groups excluding carboxylic acids is 2. The van der Waals surface area contributed by atoms with Crippen molar-refractivity contribution in [3.05, 3.63) is 52.2 Å². The van der Waals surface area contributed by atoms with Crippen molar-refractivity contribution in [3.8, 4) is 5.75 Å². The molecule has 5 nitrogen and oxygen atoms in total. The second-order valence-electron chi connectivity index (χ2n) is 7.58. The zero-order valence-corrected chi connectivity index (χ0v) is 16.8. The van der Waals surface area contributed by atoms with Crippen LogP contribution in [0.2, 0.25) is 0 Å². The first kappa shape index (κ1) is 19.0. The first-order valence-corrected chi connectivity index (χ1v) is 11.0. The van der Waals surface area contributed by atoms with E-state index < -0.39 is 0 Å². The lowest BCUT2D eigenvalue weighted by atomic mass is 9.97. The highest BCUT2D eigenvalue weighted by atomic mass is 32.1. The average molecular weight is 399 g/mol. The van der Waals surface area contributed by atoms with Gasteiger partial charge in [-0.3, -0.25) is 9.59 Å². The van der Waals surface area contributed by atoms with E-state index in [1.54, 1.807) is 11.3 Å². The fraction of sp³-hybridized carbons (Fsp3) is 0.455. The average Bonchev–Trinajstić information content (AvgIpc) is 3.46. The summed E-state index contributed by atoms with van der Waals surface area (Å²) < 4.78 is 5.95. The van der Waals surface area contributed by atoms with Crippen LogP contribution in [-0.2, 0) is 0 Å². The third-order valence-corrected chi connectivity index (χ3v) is 6.33. The van der Waals surface area contributed by atoms with E-state index in [4.69, 9.17) is 4.74 Å². The third-order valence-electron chi connectivity index (χ3n) is 5.65. The standard InChI is InChI=1S/C22H26N2O3S/c25-21(23-10-1-2-11-23)18-3-5-20(6-4-18)27-15-17-7-12-24(13-8-17)22(26)19-9-14-28-16-19/h3-6,9,14,16-17H,1-2,7-8,10-13,15H2. The number of rotatable bonds is 5. The number of carbonyl (C=O) groups is 2. The van der Waals surface area contributed by atoms with Gasteiger partial charge in [0.1, 0.15) is 5.75 Å². The van der Waals surface area contributed by atoms with E-state index in [1.807, 2.05) is 50.9 Å². The Morgan fingerprint density at radius 3 is 2.18 bits per heavy atom.